The molecule has 1 N–H and O–H groups in total. The van der Waals surface area contributed by atoms with Crippen LogP contribution in [0, 0.1) is 0 Å². The second-order valence-electron chi connectivity index (χ2n) is 9.76. The fourth-order valence-electron chi connectivity index (χ4n) is 5.08. The van der Waals surface area contributed by atoms with Crippen LogP contribution < -0.4 is 4.74 Å². The van der Waals surface area contributed by atoms with Gasteiger partial charge in [-0.3, -0.25) is 4.21 Å². The third kappa shape index (κ3) is 4.64. The second kappa shape index (κ2) is 9.57. The number of ether oxygens (including phenoxy) is 1. The van der Waals surface area contributed by atoms with E-state index in [4.69, 9.17) is 9.72 Å². The number of halogens is 2. The minimum Gasteiger partial charge on any atom is -0.434 e. The van der Waals surface area contributed by atoms with E-state index in [0.29, 0.717) is 22.7 Å². The Morgan fingerprint density at radius 3 is 2.54 bits per heavy atom. The van der Waals surface area contributed by atoms with Crippen LogP contribution in [0.25, 0.3) is 22.2 Å². The summed E-state index contributed by atoms with van der Waals surface area (Å²) in [5, 5.41) is 10.2. The Hall–Kier alpha value is -3.24. The molecule has 0 spiro atoms. The first-order valence-corrected chi connectivity index (χ1v) is 13.6. The van der Waals surface area contributed by atoms with E-state index in [2.05, 4.69) is 21.5 Å². The van der Waals surface area contributed by atoms with Gasteiger partial charge >= 0.3 is 6.61 Å². The van der Waals surface area contributed by atoms with Crippen LogP contribution in [0.1, 0.15) is 62.8 Å². The summed E-state index contributed by atoms with van der Waals surface area (Å²) in [6.45, 7) is 2.33. The van der Waals surface area contributed by atoms with E-state index in [1.165, 1.54) is 6.07 Å². The molecule has 0 aliphatic carbocycles. The molecule has 194 valence electrons. The number of imidazole rings is 1. The number of benzene rings is 2. The van der Waals surface area contributed by atoms with Crippen LogP contribution in [0.4, 0.5) is 8.78 Å². The van der Waals surface area contributed by atoms with Crippen molar-refractivity contribution >= 4 is 21.8 Å². The molecule has 7 nitrogen and oxygen atoms in total. The number of nitrogens with zero attached hydrogens (tertiary/aromatic N) is 4. The van der Waals surface area contributed by atoms with Gasteiger partial charge in [-0.25, -0.2) is 15.0 Å². The fraction of sp³-hybridized carbons (Fsp3) is 0.370. The summed E-state index contributed by atoms with van der Waals surface area (Å²) >= 11 is 0. The smallest absolute Gasteiger partial charge is 0.387 e. The number of rotatable bonds is 7. The van der Waals surface area contributed by atoms with Gasteiger partial charge in [0.15, 0.2) is 5.82 Å². The van der Waals surface area contributed by atoms with Crippen LogP contribution >= 0.6 is 0 Å². The lowest BCUT2D eigenvalue weighted by atomic mass is 9.96. The van der Waals surface area contributed by atoms with Gasteiger partial charge in [-0.2, -0.15) is 8.78 Å². The molecule has 0 saturated heterocycles. The lowest BCUT2D eigenvalue weighted by Gasteiger charge is -2.22. The van der Waals surface area contributed by atoms with Crippen LogP contribution in [0.2, 0.25) is 0 Å². The van der Waals surface area contributed by atoms with Crippen molar-refractivity contribution in [1.82, 2.24) is 19.5 Å². The predicted octanol–water partition coefficient (Wildman–Crippen LogP) is 5.55. The number of fused-ring (bicyclic) bond motifs is 3. The first-order chi connectivity index (χ1) is 17.6. The number of aliphatic hydroxyl groups is 1. The molecule has 37 heavy (non-hydrogen) atoms. The summed E-state index contributed by atoms with van der Waals surface area (Å²) < 4.78 is 46.4. The molecule has 1 aliphatic rings. The topological polar surface area (TPSA) is 90.1 Å². The zero-order valence-electron chi connectivity index (χ0n) is 21.0. The summed E-state index contributed by atoms with van der Waals surface area (Å²) in [6.07, 6.45) is 6.33. The maximum Gasteiger partial charge on any atom is 0.387 e. The molecule has 0 amide bonds. The molecule has 0 radical (unpaired) electrons. The maximum atomic E-state index is 13.3. The number of hydrogen-bond acceptors (Lipinski definition) is 6. The van der Waals surface area contributed by atoms with Crippen molar-refractivity contribution in [2.24, 2.45) is 0 Å². The molecule has 0 fully saturated rings. The van der Waals surface area contributed by atoms with E-state index in [9.17, 15) is 18.1 Å². The monoisotopic (exact) mass is 526 g/mol. The highest BCUT2D eigenvalue weighted by Crippen LogP contribution is 2.48. The highest BCUT2D eigenvalue weighted by molar-refractivity contribution is 7.84. The van der Waals surface area contributed by atoms with Crippen molar-refractivity contribution in [2.45, 2.75) is 62.7 Å². The molecule has 10 heteroatoms. The van der Waals surface area contributed by atoms with E-state index in [1.54, 1.807) is 44.6 Å². The van der Waals surface area contributed by atoms with Gasteiger partial charge in [-0.1, -0.05) is 19.1 Å². The Morgan fingerprint density at radius 2 is 1.92 bits per heavy atom. The normalized spacial score (nSPS) is 18.4. The molecule has 1 unspecified atom stereocenters. The Morgan fingerprint density at radius 1 is 1.19 bits per heavy atom. The number of aromatic nitrogens is 4. The maximum absolute atomic E-state index is 13.3. The van der Waals surface area contributed by atoms with Crippen molar-refractivity contribution < 1.29 is 22.8 Å². The van der Waals surface area contributed by atoms with Gasteiger partial charge in [0.05, 0.1) is 27.9 Å². The van der Waals surface area contributed by atoms with E-state index in [0.717, 1.165) is 34.4 Å². The van der Waals surface area contributed by atoms with Crippen LogP contribution in [0.3, 0.4) is 0 Å². The van der Waals surface area contributed by atoms with E-state index in [1.807, 2.05) is 18.2 Å². The van der Waals surface area contributed by atoms with E-state index < -0.39 is 23.0 Å². The highest BCUT2D eigenvalue weighted by Gasteiger charge is 2.37. The summed E-state index contributed by atoms with van der Waals surface area (Å²) in [6, 6.07) is 10.3. The zero-order chi connectivity index (χ0) is 26.5. The van der Waals surface area contributed by atoms with Crippen molar-refractivity contribution in [3.63, 3.8) is 0 Å². The summed E-state index contributed by atoms with van der Waals surface area (Å²) in [7, 11) is -1.41. The first-order valence-electron chi connectivity index (χ1n) is 12.1. The van der Waals surface area contributed by atoms with E-state index in [-0.39, 0.29) is 17.7 Å². The molecular formula is C27H28F2N4O3S. The Bertz CT molecular complexity index is 1480. The minimum absolute atomic E-state index is 0.0315. The van der Waals surface area contributed by atoms with Gasteiger partial charge in [0.25, 0.3) is 0 Å². The van der Waals surface area contributed by atoms with Gasteiger partial charge in [0.2, 0.25) is 0 Å². The molecule has 0 bridgehead atoms. The van der Waals surface area contributed by atoms with Gasteiger partial charge in [-0.05, 0) is 56.5 Å². The number of hydrogen-bond donors (Lipinski definition) is 1. The average molecular weight is 527 g/mol. The predicted molar refractivity (Wildman–Crippen MR) is 137 cm³/mol. The van der Waals surface area contributed by atoms with Gasteiger partial charge in [0.1, 0.15) is 17.2 Å². The first kappa shape index (κ1) is 25.4. The number of alkyl halides is 2. The van der Waals surface area contributed by atoms with E-state index >= 15 is 0 Å². The van der Waals surface area contributed by atoms with Crippen molar-refractivity contribution in [3.05, 3.63) is 66.0 Å². The van der Waals surface area contributed by atoms with Crippen molar-refractivity contribution in [3.8, 4) is 16.9 Å². The standard InChI is InChI=1S/C27H28F2N4O3S/c1-5-15-11-20(23-21(36-26(28)29)7-6-8-22(23)37(4)35)33-19-12-16(9-10-18(19)32-24(15)33)17-13-30-25(31-14-17)27(2,3)34/h6-10,12-15,20,26,34H,5,11H2,1-4H3/t15-,20-,37?/m1/s1. The Kier molecular flexibility index (Phi) is 6.57. The Labute approximate surface area is 216 Å². The third-order valence-electron chi connectivity index (χ3n) is 6.81. The third-order valence-corrected chi connectivity index (χ3v) is 7.79. The molecule has 5 rings (SSSR count). The fourth-order valence-corrected chi connectivity index (χ4v) is 5.89. The largest absolute Gasteiger partial charge is 0.434 e. The summed E-state index contributed by atoms with van der Waals surface area (Å²) in [4.78, 5) is 14.0. The van der Waals surface area contributed by atoms with Crippen molar-refractivity contribution in [1.29, 1.82) is 0 Å². The Balaban J connectivity index is 1.68. The summed E-state index contributed by atoms with van der Waals surface area (Å²) in [5.74, 6) is 1.33. The van der Waals surface area contributed by atoms with Crippen LogP contribution in [-0.4, -0.2) is 41.7 Å². The molecule has 0 saturated carbocycles. The molecule has 4 aromatic rings. The van der Waals surface area contributed by atoms with Crippen LogP contribution in [0.15, 0.2) is 53.7 Å². The van der Waals surface area contributed by atoms with Crippen LogP contribution in [-0.2, 0) is 16.4 Å². The molecule has 1 aliphatic heterocycles. The summed E-state index contributed by atoms with van der Waals surface area (Å²) in [5.41, 5.74) is 2.59. The van der Waals surface area contributed by atoms with Crippen LogP contribution in [0.5, 0.6) is 5.75 Å². The molecule has 2 aromatic carbocycles. The highest BCUT2D eigenvalue weighted by atomic mass is 32.2. The van der Waals surface area contributed by atoms with Crippen molar-refractivity contribution in [2.75, 3.05) is 6.26 Å². The van der Waals surface area contributed by atoms with Gasteiger partial charge in [-0.15, -0.1) is 0 Å². The molecule has 2 aromatic heterocycles. The molecular weight excluding hydrogens is 498 g/mol. The SMILES string of the molecule is CC[C@@H]1C[C@H](c2c(OC(F)F)cccc2S(C)=O)n2c1nc1ccc(-c3cnc(C(C)(C)O)nc3)cc12. The second-order valence-corrected chi connectivity index (χ2v) is 11.1. The van der Waals surface area contributed by atoms with Gasteiger partial charge in [0, 0.05) is 40.6 Å². The lowest BCUT2D eigenvalue weighted by Crippen LogP contribution is -2.19. The minimum atomic E-state index is -3.00. The lowest BCUT2D eigenvalue weighted by molar-refractivity contribution is -0.0508. The average Bonchev–Trinajstić information content (AvgIpc) is 3.39. The zero-order valence-corrected chi connectivity index (χ0v) is 21.8. The van der Waals surface area contributed by atoms with Gasteiger partial charge < -0.3 is 14.4 Å². The molecule has 3 atom stereocenters. The quantitative estimate of drug-likeness (QED) is 0.340. The molecule has 3 heterocycles.